The molecular formula is C13H18ClN3O. The zero-order valence-corrected chi connectivity index (χ0v) is 11.3. The molecule has 1 aliphatic rings. The van der Waals surface area contributed by atoms with E-state index in [4.69, 9.17) is 11.6 Å². The highest BCUT2D eigenvalue weighted by Crippen LogP contribution is 2.13. The minimum Gasteiger partial charge on any atom is -0.341 e. The number of hydrogen-bond donors (Lipinski definition) is 1. The lowest BCUT2D eigenvalue weighted by atomic mass is 10.2. The summed E-state index contributed by atoms with van der Waals surface area (Å²) >= 11 is 6.02. The van der Waals surface area contributed by atoms with Crippen LogP contribution < -0.4 is 5.32 Å². The van der Waals surface area contributed by atoms with Gasteiger partial charge in [0.1, 0.15) is 0 Å². The maximum absolute atomic E-state index is 12.1. The van der Waals surface area contributed by atoms with Crippen LogP contribution in [-0.2, 0) is 11.3 Å². The first-order valence-corrected chi connectivity index (χ1v) is 6.67. The smallest absolute Gasteiger partial charge is 0.239 e. The van der Waals surface area contributed by atoms with Gasteiger partial charge in [0, 0.05) is 32.0 Å². The Hall–Kier alpha value is -1.13. The molecule has 1 amide bonds. The van der Waals surface area contributed by atoms with Gasteiger partial charge in [0.2, 0.25) is 5.91 Å². The predicted molar refractivity (Wildman–Crippen MR) is 71.4 cm³/mol. The largest absolute Gasteiger partial charge is 0.341 e. The van der Waals surface area contributed by atoms with Crippen molar-refractivity contribution in [3.8, 4) is 0 Å². The minimum atomic E-state index is -0.174. The summed E-state index contributed by atoms with van der Waals surface area (Å²) in [7, 11) is 0. The summed E-state index contributed by atoms with van der Waals surface area (Å²) in [6.07, 6.45) is 5.56. The van der Waals surface area contributed by atoms with Gasteiger partial charge in [-0.1, -0.05) is 11.6 Å². The number of aromatic nitrogens is 1. The highest BCUT2D eigenvalue weighted by molar-refractivity contribution is 6.31. The van der Waals surface area contributed by atoms with Crippen LogP contribution in [0.5, 0.6) is 0 Å². The summed E-state index contributed by atoms with van der Waals surface area (Å²) in [4.78, 5) is 17.9. The summed E-state index contributed by atoms with van der Waals surface area (Å²) in [6, 6.07) is 1.69. The van der Waals surface area contributed by atoms with Gasteiger partial charge in [-0.05, 0) is 31.4 Å². The van der Waals surface area contributed by atoms with E-state index >= 15 is 0 Å². The Kier molecular flexibility index (Phi) is 4.55. The lowest BCUT2D eigenvalue weighted by Gasteiger charge is -2.21. The second-order valence-electron chi connectivity index (χ2n) is 4.60. The van der Waals surface area contributed by atoms with Crippen molar-refractivity contribution in [1.82, 2.24) is 15.2 Å². The van der Waals surface area contributed by atoms with Crippen LogP contribution in [0.2, 0.25) is 5.02 Å². The van der Waals surface area contributed by atoms with Crippen molar-refractivity contribution in [3.05, 3.63) is 29.0 Å². The first-order valence-electron chi connectivity index (χ1n) is 6.29. The third-order valence-corrected chi connectivity index (χ3v) is 3.58. The van der Waals surface area contributed by atoms with Crippen molar-refractivity contribution < 1.29 is 4.79 Å². The number of halogens is 1. The molecule has 0 saturated carbocycles. The molecule has 0 aliphatic carbocycles. The molecule has 1 aliphatic heterocycles. The van der Waals surface area contributed by atoms with Crippen LogP contribution in [0.15, 0.2) is 18.5 Å². The van der Waals surface area contributed by atoms with E-state index < -0.39 is 0 Å². The van der Waals surface area contributed by atoms with E-state index in [0.29, 0.717) is 11.6 Å². The topological polar surface area (TPSA) is 45.2 Å². The van der Waals surface area contributed by atoms with Gasteiger partial charge in [-0.2, -0.15) is 0 Å². The van der Waals surface area contributed by atoms with E-state index in [-0.39, 0.29) is 11.9 Å². The Balaban J connectivity index is 1.86. The van der Waals surface area contributed by atoms with E-state index in [2.05, 4.69) is 10.3 Å². The molecule has 0 spiro atoms. The maximum Gasteiger partial charge on any atom is 0.239 e. The van der Waals surface area contributed by atoms with E-state index in [1.165, 1.54) is 0 Å². The summed E-state index contributed by atoms with van der Waals surface area (Å²) in [6.45, 7) is 4.26. The van der Waals surface area contributed by atoms with Gasteiger partial charge in [0.25, 0.3) is 0 Å². The van der Waals surface area contributed by atoms with Gasteiger partial charge < -0.3 is 10.2 Å². The van der Waals surface area contributed by atoms with Crippen LogP contribution in [-0.4, -0.2) is 34.9 Å². The SMILES string of the molecule is CC(NCc1ccncc1Cl)C(=O)N1CCCC1. The molecule has 1 atom stereocenters. The summed E-state index contributed by atoms with van der Waals surface area (Å²) in [5.74, 6) is 0.178. The second kappa shape index (κ2) is 6.16. The summed E-state index contributed by atoms with van der Waals surface area (Å²) in [5.41, 5.74) is 0.965. The van der Waals surface area contributed by atoms with E-state index in [0.717, 1.165) is 31.5 Å². The van der Waals surface area contributed by atoms with Crippen LogP contribution in [0.1, 0.15) is 25.3 Å². The molecule has 1 aromatic heterocycles. The highest BCUT2D eigenvalue weighted by Gasteiger charge is 2.22. The van der Waals surface area contributed by atoms with Crippen LogP contribution in [0.25, 0.3) is 0 Å². The van der Waals surface area contributed by atoms with Crippen LogP contribution in [0.4, 0.5) is 0 Å². The van der Waals surface area contributed by atoms with Crippen molar-refractivity contribution >= 4 is 17.5 Å². The fourth-order valence-corrected chi connectivity index (χ4v) is 2.30. The van der Waals surface area contributed by atoms with E-state index in [9.17, 15) is 4.79 Å². The Morgan fingerprint density at radius 1 is 1.56 bits per heavy atom. The van der Waals surface area contributed by atoms with E-state index in [1.54, 1.807) is 12.4 Å². The van der Waals surface area contributed by atoms with Gasteiger partial charge in [0.05, 0.1) is 11.1 Å². The molecule has 18 heavy (non-hydrogen) atoms. The minimum absolute atomic E-state index is 0.174. The van der Waals surface area contributed by atoms with Gasteiger partial charge in [0.15, 0.2) is 0 Å². The molecule has 98 valence electrons. The number of hydrogen-bond acceptors (Lipinski definition) is 3. The molecule has 1 aromatic rings. The monoisotopic (exact) mass is 267 g/mol. The molecule has 2 rings (SSSR count). The number of nitrogens with one attached hydrogen (secondary N) is 1. The van der Waals surface area contributed by atoms with Crippen LogP contribution in [0, 0.1) is 0 Å². The van der Waals surface area contributed by atoms with Gasteiger partial charge >= 0.3 is 0 Å². The maximum atomic E-state index is 12.1. The van der Waals surface area contributed by atoms with Crippen molar-refractivity contribution in [3.63, 3.8) is 0 Å². The molecule has 0 radical (unpaired) electrons. The molecule has 1 fully saturated rings. The Morgan fingerprint density at radius 3 is 2.94 bits per heavy atom. The molecule has 0 aromatic carbocycles. The summed E-state index contributed by atoms with van der Waals surface area (Å²) in [5, 5.41) is 3.84. The number of carbonyl (C=O) groups excluding carboxylic acids is 1. The summed E-state index contributed by atoms with van der Waals surface area (Å²) < 4.78 is 0. The molecular weight excluding hydrogens is 250 g/mol. The standard InChI is InChI=1S/C13H18ClN3O/c1-10(13(18)17-6-2-3-7-17)16-8-11-4-5-15-9-12(11)14/h4-5,9-10,16H,2-3,6-8H2,1H3. The van der Waals surface area contributed by atoms with Gasteiger partial charge in [-0.15, -0.1) is 0 Å². The molecule has 5 heteroatoms. The Morgan fingerprint density at radius 2 is 2.28 bits per heavy atom. The normalized spacial score (nSPS) is 16.9. The van der Waals surface area contributed by atoms with Crippen molar-refractivity contribution in [2.45, 2.75) is 32.4 Å². The predicted octanol–water partition coefficient (Wildman–Crippen LogP) is 1.84. The zero-order valence-electron chi connectivity index (χ0n) is 10.5. The van der Waals surface area contributed by atoms with Crippen LogP contribution in [0.3, 0.4) is 0 Å². The van der Waals surface area contributed by atoms with E-state index in [1.807, 2.05) is 17.9 Å². The molecule has 0 bridgehead atoms. The lowest BCUT2D eigenvalue weighted by Crippen LogP contribution is -2.43. The molecule has 4 nitrogen and oxygen atoms in total. The molecule has 1 N–H and O–H groups in total. The molecule has 1 saturated heterocycles. The van der Waals surface area contributed by atoms with Crippen molar-refractivity contribution in [2.75, 3.05) is 13.1 Å². The van der Waals surface area contributed by atoms with Gasteiger partial charge in [-0.25, -0.2) is 0 Å². The number of rotatable bonds is 4. The fourth-order valence-electron chi connectivity index (χ4n) is 2.11. The van der Waals surface area contributed by atoms with Crippen LogP contribution >= 0.6 is 11.6 Å². The Labute approximate surface area is 112 Å². The lowest BCUT2D eigenvalue weighted by molar-refractivity contribution is -0.131. The molecule has 2 heterocycles. The number of amides is 1. The number of carbonyl (C=O) groups is 1. The fraction of sp³-hybridized carbons (Fsp3) is 0.538. The number of likely N-dealkylation sites (tertiary alicyclic amines) is 1. The third-order valence-electron chi connectivity index (χ3n) is 3.24. The Bertz CT molecular complexity index is 418. The second-order valence-corrected chi connectivity index (χ2v) is 5.01. The number of pyridine rings is 1. The quantitative estimate of drug-likeness (QED) is 0.905. The molecule has 1 unspecified atom stereocenters. The average molecular weight is 268 g/mol. The average Bonchev–Trinajstić information content (AvgIpc) is 2.90. The zero-order chi connectivity index (χ0) is 13.0. The number of nitrogens with zero attached hydrogens (tertiary/aromatic N) is 2. The first-order chi connectivity index (χ1) is 8.68. The highest BCUT2D eigenvalue weighted by atomic mass is 35.5. The first kappa shape index (κ1) is 13.3. The third kappa shape index (κ3) is 3.21. The van der Waals surface area contributed by atoms with Crippen molar-refractivity contribution in [1.29, 1.82) is 0 Å². The van der Waals surface area contributed by atoms with Gasteiger partial charge in [-0.3, -0.25) is 9.78 Å². The van der Waals surface area contributed by atoms with Crippen molar-refractivity contribution in [2.24, 2.45) is 0 Å².